The predicted molar refractivity (Wildman–Crippen MR) is 140 cm³/mol. The van der Waals surface area contributed by atoms with Gasteiger partial charge < -0.3 is 28.8 Å². The van der Waals surface area contributed by atoms with Gasteiger partial charge in [0.05, 0.1) is 19.8 Å². The molecule has 0 aliphatic heterocycles. The molecule has 0 fully saturated rings. The minimum Gasteiger partial charge on any atom is -0.464 e. The van der Waals surface area contributed by atoms with E-state index in [-0.39, 0.29) is 26.4 Å². The average Bonchev–Trinajstić information content (AvgIpc) is 2.90. The molecule has 9 nitrogen and oxygen atoms in total. The van der Waals surface area contributed by atoms with Gasteiger partial charge in [-0.15, -0.1) is 0 Å². The zero-order valence-electron chi connectivity index (χ0n) is 22.6. The third-order valence-electron chi connectivity index (χ3n) is 5.63. The maximum Gasteiger partial charge on any atom is 0.353 e. The molecular formula is C29H38O9. The lowest BCUT2D eigenvalue weighted by atomic mass is 9.96. The number of unbranched alkanes of at least 4 members (excludes halogenated alkanes) is 2. The van der Waals surface area contributed by atoms with Crippen LogP contribution in [-0.2, 0) is 39.8 Å². The second-order valence-corrected chi connectivity index (χ2v) is 8.58. The summed E-state index contributed by atoms with van der Waals surface area (Å²) in [6.07, 6.45) is 1.01. The lowest BCUT2D eigenvalue weighted by molar-refractivity contribution is -0.208. The van der Waals surface area contributed by atoms with Crippen LogP contribution < -0.4 is 4.74 Å². The summed E-state index contributed by atoms with van der Waals surface area (Å²) in [6.45, 7) is 6.34. The fraction of sp³-hybridized carbons (Fsp3) is 0.483. The van der Waals surface area contributed by atoms with Crippen molar-refractivity contribution in [1.29, 1.82) is 0 Å². The number of hydrogen-bond donors (Lipinski definition) is 1. The van der Waals surface area contributed by atoms with Gasteiger partial charge in [-0.25, -0.2) is 14.4 Å². The number of rotatable bonds is 16. The number of ether oxygens (including phenoxy) is 5. The summed E-state index contributed by atoms with van der Waals surface area (Å²) in [5.41, 5.74) is -0.658. The van der Waals surface area contributed by atoms with E-state index in [2.05, 4.69) is 0 Å². The van der Waals surface area contributed by atoms with Crippen molar-refractivity contribution < 1.29 is 43.2 Å². The summed E-state index contributed by atoms with van der Waals surface area (Å²) in [5, 5.41) is 11.0. The van der Waals surface area contributed by atoms with Crippen LogP contribution in [0.5, 0.6) is 11.5 Å². The molecule has 0 bridgehead atoms. The standard InChI is InChI=1S/C29H38O9/c1-5-34-26(30)25(29(33,27(31)35-6-2)28(32)36-7-3)37-20-10-8-9-11-22-14-18-24(19-15-22)38-23-16-12-21(4)13-17-23/h12-19,25,33H,5-11,20H2,1-4H3. The highest BCUT2D eigenvalue weighted by molar-refractivity contribution is 6.08. The van der Waals surface area contributed by atoms with Crippen LogP contribution in [-0.4, -0.2) is 61.1 Å². The summed E-state index contributed by atoms with van der Waals surface area (Å²) < 4.78 is 26.0. The number of aryl methyl sites for hydroxylation is 2. The van der Waals surface area contributed by atoms with Crippen molar-refractivity contribution in [3.63, 3.8) is 0 Å². The van der Waals surface area contributed by atoms with Gasteiger partial charge in [0.2, 0.25) is 6.10 Å². The summed E-state index contributed by atoms with van der Waals surface area (Å²) in [5.74, 6) is -2.17. The van der Waals surface area contributed by atoms with Crippen LogP contribution in [0.1, 0.15) is 51.2 Å². The highest BCUT2D eigenvalue weighted by atomic mass is 16.6. The van der Waals surface area contributed by atoms with Crippen molar-refractivity contribution in [3.8, 4) is 11.5 Å². The Balaban J connectivity index is 1.89. The Labute approximate surface area is 224 Å². The van der Waals surface area contributed by atoms with Crippen molar-refractivity contribution in [2.45, 2.75) is 65.1 Å². The van der Waals surface area contributed by atoms with Gasteiger partial charge in [0.25, 0.3) is 5.60 Å². The topological polar surface area (TPSA) is 118 Å². The largest absolute Gasteiger partial charge is 0.464 e. The van der Waals surface area contributed by atoms with E-state index >= 15 is 0 Å². The number of aliphatic hydroxyl groups is 1. The fourth-order valence-electron chi connectivity index (χ4n) is 3.63. The van der Waals surface area contributed by atoms with Gasteiger partial charge in [0.15, 0.2) is 0 Å². The number of carbonyl (C=O) groups is 3. The summed E-state index contributed by atoms with van der Waals surface area (Å²) >= 11 is 0. The Morgan fingerprint density at radius 2 is 1.29 bits per heavy atom. The molecule has 9 heteroatoms. The van der Waals surface area contributed by atoms with Crippen molar-refractivity contribution in [2.24, 2.45) is 0 Å². The molecule has 0 saturated heterocycles. The molecule has 0 radical (unpaired) electrons. The molecule has 0 amide bonds. The van der Waals surface area contributed by atoms with E-state index in [9.17, 15) is 19.5 Å². The highest BCUT2D eigenvalue weighted by Crippen LogP contribution is 2.23. The van der Waals surface area contributed by atoms with Crippen LogP contribution in [0.2, 0.25) is 0 Å². The quantitative estimate of drug-likeness (QED) is 0.147. The van der Waals surface area contributed by atoms with E-state index in [1.165, 1.54) is 19.4 Å². The number of benzene rings is 2. The third kappa shape index (κ3) is 8.85. The fourth-order valence-corrected chi connectivity index (χ4v) is 3.63. The molecule has 208 valence electrons. The van der Waals surface area contributed by atoms with Crippen LogP contribution in [0, 0.1) is 6.92 Å². The third-order valence-corrected chi connectivity index (χ3v) is 5.63. The number of esters is 3. The maximum atomic E-state index is 12.5. The first kappa shape index (κ1) is 30.8. The van der Waals surface area contributed by atoms with E-state index in [1.807, 2.05) is 55.5 Å². The first-order valence-electron chi connectivity index (χ1n) is 12.9. The molecule has 2 aromatic carbocycles. The molecule has 1 N–H and O–H groups in total. The summed E-state index contributed by atoms with van der Waals surface area (Å²) in [7, 11) is 0. The molecule has 38 heavy (non-hydrogen) atoms. The van der Waals surface area contributed by atoms with E-state index in [0.717, 1.165) is 36.3 Å². The molecule has 0 spiro atoms. The van der Waals surface area contributed by atoms with Gasteiger partial charge in [-0.3, -0.25) is 0 Å². The Kier molecular flexibility index (Phi) is 12.8. The first-order valence-corrected chi connectivity index (χ1v) is 12.9. The monoisotopic (exact) mass is 530 g/mol. The van der Waals surface area contributed by atoms with E-state index in [4.69, 9.17) is 23.7 Å². The minimum absolute atomic E-state index is 0.00787. The van der Waals surface area contributed by atoms with Crippen LogP contribution >= 0.6 is 0 Å². The molecule has 0 heterocycles. The van der Waals surface area contributed by atoms with Crippen molar-refractivity contribution in [1.82, 2.24) is 0 Å². The normalized spacial score (nSPS) is 11.9. The number of hydrogen-bond acceptors (Lipinski definition) is 9. The van der Waals surface area contributed by atoms with E-state index in [1.54, 1.807) is 6.92 Å². The Bertz CT molecular complexity index is 997. The van der Waals surface area contributed by atoms with Gasteiger partial charge in [-0.05, 0) is 76.8 Å². The molecule has 2 aromatic rings. The van der Waals surface area contributed by atoms with Crippen LogP contribution in [0.25, 0.3) is 0 Å². The van der Waals surface area contributed by atoms with Gasteiger partial charge in [-0.2, -0.15) is 0 Å². The first-order chi connectivity index (χ1) is 18.3. The van der Waals surface area contributed by atoms with E-state index in [0.29, 0.717) is 6.42 Å². The van der Waals surface area contributed by atoms with Crippen molar-refractivity contribution in [3.05, 3.63) is 59.7 Å². The SMILES string of the molecule is CCOC(=O)C(OCCCCCc1ccc(Oc2ccc(C)cc2)cc1)C(O)(C(=O)OCC)C(=O)OCC. The van der Waals surface area contributed by atoms with Gasteiger partial charge >= 0.3 is 17.9 Å². The zero-order valence-corrected chi connectivity index (χ0v) is 22.6. The zero-order chi connectivity index (χ0) is 28.0. The maximum absolute atomic E-state index is 12.5. The molecule has 1 atom stereocenters. The van der Waals surface area contributed by atoms with Crippen LogP contribution in [0.15, 0.2) is 48.5 Å². The molecular weight excluding hydrogens is 492 g/mol. The molecule has 0 aliphatic carbocycles. The Morgan fingerprint density at radius 3 is 1.82 bits per heavy atom. The van der Waals surface area contributed by atoms with Gasteiger partial charge in [0.1, 0.15) is 11.5 Å². The Morgan fingerprint density at radius 1 is 0.763 bits per heavy atom. The molecule has 0 saturated carbocycles. The average molecular weight is 531 g/mol. The van der Waals surface area contributed by atoms with Crippen molar-refractivity contribution in [2.75, 3.05) is 26.4 Å². The highest BCUT2D eigenvalue weighted by Gasteiger charge is 2.58. The smallest absolute Gasteiger partial charge is 0.353 e. The number of carbonyl (C=O) groups excluding carboxylic acids is 3. The summed E-state index contributed by atoms with van der Waals surface area (Å²) in [6, 6.07) is 15.7. The minimum atomic E-state index is -2.97. The second-order valence-electron chi connectivity index (χ2n) is 8.58. The van der Waals surface area contributed by atoms with Gasteiger partial charge in [-0.1, -0.05) is 36.2 Å². The van der Waals surface area contributed by atoms with Gasteiger partial charge in [0, 0.05) is 6.61 Å². The lowest BCUT2D eigenvalue weighted by Gasteiger charge is -2.30. The summed E-state index contributed by atoms with van der Waals surface area (Å²) in [4.78, 5) is 37.5. The van der Waals surface area contributed by atoms with E-state index < -0.39 is 29.6 Å². The Hall–Kier alpha value is -3.43. The second kappa shape index (κ2) is 15.7. The lowest BCUT2D eigenvalue weighted by Crippen LogP contribution is -2.61. The van der Waals surface area contributed by atoms with Crippen LogP contribution in [0.3, 0.4) is 0 Å². The van der Waals surface area contributed by atoms with Crippen molar-refractivity contribution >= 4 is 17.9 Å². The van der Waals surface area contributed by atoms with Crippen LogP contribution in [0.4, 0.5) is 0 Å². The molecule has 0 aromatic heterocycles. The predicted octanol–water partition coefficient (Wildman–Crippen LogP) is 4.31. The molecule has 1 unspecified atom stereocenters. The molecule has 0 aliphatic rings. The molecule has 2 rings (SSSR count).